The minimum atomic E-state index is -0.300. The van der Waals surface area contributed by atoms with Gasteiger partial charge >= 0.3 is 0 Å². The third kappa shape index (κ3) is 2.26. The lowest BCUT2D eigenvalue weighted by Gasteiger charge is -2.11. The van der Waals surface area contributed by atoms with Crippen LogP contribution in [0.4, 0.5) is 5.82 Å². The van der Waals surface area contributed by atoms with Gasteiger partial charge in [-0.25, -0.2) is 15.8 Å². The Balaban J connectivity index is 1.73. The number of nitrogens with one attached hydrogen (secondary N) is 2. The van der Waals surface area contributed by atoms with Gasteiger partial charge in [0.2, 0.25) is 0 Å². The van der Waals surface area contributed by atoms with Crippen LogP contribution in [0.15, 0.2) is 36.7 Å². The minimum absolute atomic E-state index is 0.173. The summed E-state index contributed by atoms with van der Waals surface area (Å²) in [6.45, 7) is 0.418. The van der Waals surface area contributed by atoms with Crippen LogP contribution in [0.2, 0.25) is 0 Å². The summed E-state index contributed by atoms with van der Waals surface area (Å²) in [5.41, 5.74) is 3.55. The molecule has 3 rings (SSSR count). The zero-order chi connectivity index (χ0) is 13.9. The second-order valence-electron chi connectivity index (χ2n) is 4.31. The van der Waals surface area contributed by atoms with Crippen molar-refractivity contribution in [2.75, 3.05) is 12.0 Å². The third-order valence-corrected chi connectivity index (χ3v) is 3.04. The molecule has 4 N–H and O–H groups in total. The van der Waals surface area contributed by atoms with Crippen LogP contribution >= 0.6 is 0 Å². The van der Waals surface area contributed by atoms with Crippen molar-refractivity contribution in [3.05, 3.63) is 47.9 Å². The molecule has 0 fully saturated rings. The van der Waals surface area contributed by atoms with Gasteiger partial charge in [0.15, 0.2) is 5.82 Å². The summed E-state index contributed by atoms with van der Waals surface area (Å²) >= 11 is 0. The maximum Gasteiger partial charge on any atom is 0.272 e. The topological polar surface area (TPSA) is 102 Å². The van der Waals surface area contributed by atoms with E-state index in [1.807, 2.05) is 24.3 Å². The molecular formula is C13H13N5O2. The van der Waals surface area contributed by atoms with E-state index in [0.29, 0.717) is 12.4 Å². The van der Waals surface area contributed by atoms with Crippen LogP contribution in [0.1, 0.15) is 22.1 Å². The SMILES string of the molecule is NNc1cnc(C(=O)NC2COc3ccccc32)cn1. The van der Waals surface area contributed by atoms with Crippen molar-refractivity contribution in [2.24, 2.45) is 5.84 Å². The molecule has 20 heavy (non-hydrogen) atoms. The monoisotopic (exact) mass is 271 g/mol. The van der Waals surface area contributed by atoms with E-state index in [0.717, 1.165) is 11.3 Å². The zero-order valence-corrected chi connectivity index (χ0v) is 10.5. The number of nitrogens with two attached hydrogens (primary N) is 1. The number of carbonyl (C=O) groups excluding carboxylic acids is 1. The van der Waals surface area contributed by atoms with Gasteiger partial charge in [0, 0.05) is 5.56 Å². The van der Waals surface area contributed by atoms with Crippen LogP contribution in [0.3, 0.4) is 0 Å². The molecule has 1 aromatic carbocycles. The van der Waals surface area contributed by atoms with Crippen molar-refractivity contribution in [3.63, 3.8) is 0 Å². The van der Waals surface area contributed by atoms with Crippen molar-refractivity contribution >= 4 is 11.7 Å². The number of aromatic nitrogens is 2. The molecule has 1 aliphatic heterocycles. The first-order chi connectivity index (χ1) is 9.78. The van der Waals surface area contributed by atoms with Gasteiger partial charge in [-0.3, -0.25) is 4.79 Å². The normalized spacial score (nSPS) is 16.1. The van der Waals surface area contributed by atoms with Crippen LogP contribution in [-0.4, -0.2) is 22.5 Å². The van der Waals surface area contributed by atoms with Crippen LogP contribution in [-0.2, 0) is 0 Å². The first-order valence-corrected chi connectivity index (χ1v) is 6.09. The average molecular weight is 271 g/mol. The van der Waals surface area contributed by atoms with Gasteiger partial charge in [-0.05, 0) is 6.07 Å². The largest absolute Gasteiger partial charge is 0.491 e. The van der Waals surface area contributed by atoms with E-state index in [-0.39, 0.29) is 17.6 Å². The molecule has 2 aromatic rings. The summed E-state index contributed by atoms with van der Waals surface area (Å²) in [5.74, 6) is 6.09. The number of rotatable bonds is 3. The quantitative estimate of drug-likeness (QED) is 0.559. The first kappa shape index (κ1) is 12.4. The van der Waals surface area contributed by atoms with Gasteiger partial charge in [0.1, 0.15) is 18.1 Å². The van der Waals surface area contributed by atoms with E-state index >= 15 is 0 Å². The highest BCUT2D eigenvalue weighted by Crippen LogP contribution is 2.31. The van der Waals surface area contributed by atoms with E-state index in [2.05, 4.69) is 20.7 Å². The Hall–Kier alpha value is -2.67. The molecule has 0 radical (unpaired) electrons. The molecule has 1 atom stereocenters. The van der Waals surface area contributed by atoms with Gasteiger partial charge in [-0.1, -0.05) is 18.2 Å². The van der Waals surface area contributed by atoms with Gasteiger partial charge in [-0.15, -0.1) is 0 Å². The molecule has 7 nitrogen and oxygen atoms in total. The van der Waals surface area contributed by atoms with Crippen LogP contribution in [0.25, 0.3) is 0 Å². The highest BCUT2D eigenvalue weighted by atomic mass is 16.5. The standard InChI is InChI=1S/C13H13N5O2/c14-18-12-6-15-9(5-16-12)13(19)17-10-7-20-11-4-2-1-3-8(10)11/h1-6,10H,7,14H2,(H,16,18)(H,17,19). The molecule has 2 heterocycles. The molecule has 0 saturated heterocycles. The first-order valence-electron chi connectivity index (χ1n) is 6.09. The summed E-state index contributed by atoms with van der Waals surface area (Å²) in [6, 6.07) is 7.44. The molecule has 0 aliphatic carbocycles. The molecule has 102 valence electrons. The predicted molar refractivity (Wildman–Crippen MR) is 72.0 cm³/mol. The van der Waals surface area contributed by atoms with Gasteiger partial charge in [-0.2, -0.15) is 0 Å². The summed E-state index contributed by atoms with van der Waals surface area (Å²) in [5, 5.41) is 2.87. The summed E-state index contributed by atoms with van der Waals surface area (Å²) in [6.07, 6.45) is 2.76. The Morgan fingerprint density at radius 2 is 2.15 bits per heavy atom. The maximum atomic E-state index is 12.1. The smallest absolute Gasteiger partial charge is 0.272 e. The highest BCUT2D eigenvalue weighted by molar-refractivity contribution is 5.92. The lowest BCUT2D eigenvalue weighted by atomic mass is 10.1. The summed E-state index contributed by atoms with van der Waals surface area (Å²) in [4.78, 5) is 20.0. The van der Waals surface area contributed by atoms with E-state index in [4.69, 9.17) is 10.6 Å². The number of nitrogens with zero attached hydrogens (tertiary/aromatic N) is 2. The van der Waals surface area contributed by atoms with Crippen molar-refractivity contribution in [1.29, 1.82) is 0 Å². The zero-order valence-electron chi connectivity index (χ0n) is 10.5. The second kappa shape index (κ2) is 5.14. The number of benzene rings is 1. The molecule has 1 unspecified atom stereocenters. The molecule has 0 bridgehead atoms. The van der Waals surface area contributed by atoms with E-state index in [1.165, 1.54) is 12.4 Å². The average Bonchev–Trinajstić information content (AvgIpc) is 2.91. The number of hydrazine groups is 1. The number of ether oxygens (including phenoxy) is 1. The maximum absolute atomic E-state index is 12.1. The second-order valence-corrected chi connectivity index (χ2v) is 4.31. The van der Waals surface area contributed by atoms with E-state index in [9.17, 15) is 4.79 Å². The van der Waals surface area contributed by atoms with Crippen molar-refractivity contribution < 1.29 is 9.53 Å². The Morgan fingerprint density at radius 1 is 1.30 bits per heavy atom. The number of carbonyl (C=O) groups is 1. The van der Waals surface area contributed by atoms with Crippen LogP contribution in [0, 0.1) is 0 Å². The third-order valence-electron chi connectivity index (χ3n) is 3.04. The van der Waals surface area contributed by atoms with Gasteiger partial charge in [0.05, 0.1) is 18.4 Å². The minimum Gasteiger partial charge on any atom is -0.491 e. The van der Waals surface area contributed by atoms with E-state index in [1.54, 1.807) is 0 Å². The van der Waals surface area contributed by atoms with Crippen LogP contribution < -0.4 is 21.3 Å². The molecule has 1 amide bonds. The lowest BCUT2D eigenvalue weighted by molar-refractivity contribution is 0.0925. The van der Waals surface area contributed by atoms with Gasteiger partial charge < -0.3 is 15.5 Å². The van der Waals surface area contributed by atoms with Crippen molar-refractivity contribution in [2.45, 2.75) is 6.04 Å². The Morgan fingerprint density at radius 3 is 2.90 bits per heavy atom. The lowest BCUT2D eigenvalue weighted by Crippen LogP contribution is -2.30. The predicted octanol–water partition coefficient (Wildman–Crippen LogP) is 0.626. The molecule has 1 aliphatic rings. The molecular weight excluding hydrogens is 258 g/mol. The highest BCUT2D eigenvalue weighted by Gasteiger charge is 2.25. The Bertz CT molecular complexity index is 629. The molecule has 0 saturated carbocycles. The molecule has 7 heteroatoms. The summed E-state index contributed by atoms with van der Waals surface area (Å²) < 4.78 is 5.51. The van der Waals surface area contributed by atoms with Crippen molar-refractivity contribution in [3.8, 4) is 5.75 Å². The Labute approximate surface area is 115 Å². The Kier molecular flexibility index (Phi) is 3.18. The van der Waals surface area contributed by atoms with Gasteiger partial charge in [0.25, 0.3) is 5.91 Å². The number of anilines is 1. The van der Waals surface area contributed by atoms with Crippen LogP contribution in [0.5, 0.6) is 5.75 Å². The molecule has 0 spiro atoms. The number of amides is 1. The fourth-order valence-corrected chi connectivity index (χ4v) is 2.03. The van der Waals surface area contributed by atoms with E-state index < -0.39 is 0 Å². The fraction of sp³-hybridized carbons (Fsp3) is 0.154. The number of hydrogen-bond donors (Lipinski definition) is 3. The fourth-order valence-electron chi connectivity index (χ4n) is 2.03. The number of fused-ring (bicyclic) bond motifs is 1. The molecule has 1 aromatic heterocycles. The number of nitrogen functional groups attached to an aromatic ring is 1. The number of para-hydroxylation sites is 1. The summed E-state index contributed by atoms with van der Waals surface area (Å²) in [7, 11) is 0. The number of hydrogen-bond acceptors (Lipinski definition) is 6. The van der Waals surface area contributed by atoms with Crippen molar-refractivity contribution in [1.82, 2.24) is 15.3 Å².